The van der Waals surface area contributed by atoms with Gasteiger partial charge in [0.05, 0.1) is 25.0 Å². The molecule has 1 aliphatic rings. The molecule has 4 heteroatoms. The fraction of sp³-hybridized carbons (Fsp3) is 0.905. The van der Waals surface area contributed by atoms with Gasteiger partial charge >= 0.3 is 11.9 Å². The summed E-state index contributed by atoms with van der Waals surface area (Å²) in [6.45, 7) is 7.29. The Kier molecular flexibility index (Phi) is 11.6. The van der Waals surface area contributed by atoms with Crippen molar-refractivity contribution >= 4 is 11.9 Å². The summed E-state index contributed by atoms with van der Waals surface area (Å²) < 4.78 is 10.9. The molecule has 3 atom stereocenters. The first-order valence-corrected chi connectivity index (χ1v) is 10.4. The molecule has 0 aromatic rings. The van der Waals surface area contributed by atoms with E-state index in [1.54, 1.807) is 0 Å². The zero-order chi connectivity index (χ0) is 18.5. The number of unbranched alkanes of at least 4 members (excludes halogenated alkanes) is 5. The fourth-order valence-electron chi connectivity index (χ4n) is 3.31. The summed E-state index contributed by atoms with van der Waals surface area (Å²) in [4.78, 5) is 24.8. The predicted molar refractivity (Wildman–Crippen MR) is 100 cm³/mol. The second-order valence-corrected chi connectivity index (χ2v) is 7.58. The zero-order valence-corrected chi connectivity index (χ0v) is 16.6. The molecule has 0 N–H and O–H groups in total. The van der Waals surface area contributed by atoms with Gasteiger partial charge in [-0.3, -0.25) is 9.59 Å². The first-order valence-electron chi connectivity index (χ1n) is 10.4. The lowest BCUT2D eigenvalue weighted by Crippen LogP contribution is -2.35. The maximum atomic E-state index is 12.4. The highest BCUT2D eigenvalue weighted by Gasteiger charge is 2.37. The lowest BCUT2D eigenvalue weighted by atomic mass is 9.79. The molecule has 0 aliphatic heterocycles. The molecular weight excluding hydrogens is 316 g/mol. The van der Waals surface area contributed by atoms with Gasteiger partial charge in [-0.25, -0.2) is 0 Å². The third kappa shape index (κ3) is 8.73. The van der Waals surface area contributed by atoms with Crippen LogP contribution in [-0.4, -0.2) is 25.2 Å². The summed E-state index contributed by atoms with van der Waals surface area (Å²) in [5.41, 5.74) is 0. The van der Waals surface area contributed by atoms with Crippen LogP contribution in [0.3, 0.4) is 0 Å². The smallest absolute Gasteiger partial charge is 0.309 e. The summed E-state index contributed by atoms with van der Waals surface area (Å²) in [6, 6.07) is 0. The molecule has 25 heavy (non-hydrogen) atoms. The molecule has 1 aliphatic carbocycles. The van der Waals surface area contributed by atoms with Gasteiger partial charge in [0.1, 0.15) is 0 Å². The Morgan fingerprint density at radius 1 is 0.880 bits per heavy atom. The molecule has 0 heterocycles. The minimum atomic E-state index is -0.310. The van der Waals surface area contributed by atoms with Crippen molar-refractivity contribution < 1.29 is 19.1 Å². The van der Waals surface area contributed by atoms with E-state index in [2.05, 4.69) is 20.8 Å². The SMILES string of the molecule is CCCCCCCCOC(=O)C1CCCCC1C(=O)OCC(C)CC. The van der Waals surface area contributed by atoms with Crippen LogP contribution in [0.4, 0.5) is 0 Å². The molecule has 0 radical (unpaired) electrons. The van der Waals surface area contributed by atoms with Gasteiger partial charge in [0.15, 0.2) is 0 Å². The molecule has 0 spiro atoms. The van der Waals surface area contributed by atoms with Crippen molar-refractivity contribution in [2.45, 2.75) is 91.4 Å². The van der Waals surface area contributed by atoms with Crippen molar-refractivity contribution in [2.75, 3.05) is 13.2 Å². The van der Waals surface area contributed by atoms with Gasteiger partial charge in [-0.1, -0.05) is 72.1 Å². The largest absolute Gasteiger partial charge is 0.465 e. The van der Waals surface area contributed by atoms with E-state index in [1.165, 1.54) is 25.7 Å². The van der Waals surface area contributed by atoms with E-state index in [-0.39, 0.29) is 23.8 Å². The van der Waals surface area contributed by atoms with Crippen molar-refractivity contribution in [3.05, 3.63) is 0 Å². The molecule has 0 amide bonds. The van der Waals surface area contributed by atoms with Crippen LogP contribution < -0.4 is 0 Å². The van der Waals surface area contributed by atoms with Crippen LogP contribution in [-0.2, 0) is 19.1 Å². The third-order valence-corrected chi connectivity index (χ3v) is 5.32. The highest BCUT2D eigenvalue weighted by atomic mass is 16.5. The minimum Gasteiger partial charge on any atom is -0.465 e. The van der Waals surface area contributed by atoms with E-state index < -0.39 is 0 Å². The fourth-order valence-corrected chi connectivity index (χ4v) is 3.31. The Labute approximate surface area is 154 Å². The number of rotatable bonds is 12. The second kappa shape index (κ2) is 13.2. The molecule has 3 unspecified atom stereocenters. The van der Waals surface area contributed by atoms with E-state index in [0.29, 0.717) is 19.1 Å². The molecule has 0 aromatic heterocycles. The van der Waals surface area contributed by atoms with Crippen molar-refractivity contribution in [1.82, 2.24) is 0 Å². The van der Waals surface area contributed by atoms with Crippen molar-refractivity contribution in [3.63, 3.8) is 0 Å². The summed E-state index contributed by atoms with van der Waals surface area (Å²) in [7, 11) is 0. The molecule has 1 rings (SSSR count). The highest BCUT2D eigenvalue weighted by Crippen LogP contribution is 2.32. The number of ether oxygens (including phenoxy) is 2. The maximum absolute atomic E-state index is 12.4. The molecule has 1 saturated carbocycles. The number of carbonyl (C=O) groups is 2. The van der Waals surface area contributed by atoms with Gasteiger partial charge in [0.2, 0.25) is 0 Å². The molecule has 4 nitrogen and oxygen atoms in total. The van der Waals surface area contributed by atoms with E-state index >= 15 is 0 Å². The Balaban J connectivity index is 2.34. The van der Waals surface area contributed by atoms with Crippen LogP contribution in [0.2, 0.25) is 0 Å². The number of hydrogen-bond acceptors (Lipinski definition) is 4. The minimum absolute atomic E-state index is 0.196. The topological polar surface area (TPSA) is 52.6 Å². The van der Waals surface area contributed by atoms with Crippen LogP contribution >= 0.6 is 0 Å². The van der Waals surface area contributed by atoms with Crippen molar-refractivity contribution in [1.29, 1.82) is 0 Å². The molecular formula is C21H38O4. The average Bonchev–Trinajstić information content (AvgIpc) is 2.64. The molecule has 0 saturated heterocycles. The molecule has 0 bridgehead atoms. The zero-order valence-electron chi connectivity index (χ0n) is 16.6. The number of carbonyl (C=O) groups excluding carboxylic acids is 2. The Hall–Kier alpha value is -1.06. The van der Waals surface area contributed by atoms with E-state index in [1.807, 2.05) is 0 Å². The first kappa shape index (κ1) is 22.0. The Morgan fingerprint density at radius 2 is 1.44 bits per heavy atom. The monoisotopic (exact) mass is 354 g/mol. The Morgan fingerprint density at radius 3 is 2.04 bits per heavy atom. The average molecular weight is 355 g/mol. The molecule has 0 aromatic carbocycles. The normalized spacial score (nSPS) is 21.6. The number of esters is 2. The summed E-state index contributed by atoms with van der Waals surface area (Å²) in [5, 5.41) is 0. The predicted octanol–water partition coefficient (Wildman–Crippen LogP) is 5.29. The quantitative estimate of drug-likeness (QED) is 0.353. The number of hydrogen-bond donors (Lipinski definition) is 0. The van der Waals surface area contributed by atoms with E-state index in [9.17, 15) is 9.59 Å². The van der Waals surface area contributed by atoms with Crippen molar-refractivity contribution in [2.24, 2.45) is 17.8 Å². The summed E-state index contributed by atoms with van der Waals surface area (Å²) in [5.74, 6) is -0.654. The highest BCUT2D eigenvalue weighted by molar-refractivity contribution is 5.82. The van der Waals surface area contributed by atoms with E-state index in [4.69, 9.17) is 9.47 Å². The van der Waals surface area contributed by atoms with Crippen LogP contribution in [0.1, 0.15) is 91.4 Å². The van der Waals surface area contributed by atoms with Gasteiger partial charge in [0, 0.05) is 0 Å². The van der Waals surface area contributed by atoms with Gasteiger partial charge < -0.3 is 9.47 Å². The van der Waals surface area contributed by atoms with E-state index in [0.717, 1.165) is 44.9 Å². The third-order valence-electron chi connectivity index (χ3n) is 5.32. The van der Waals surface area contributed by atoms with Gasteiger partial charge in [-0.2, -0.15) is 0 Å². The lowest BCUT2D eigenvalue weighted by molar-refractivity contribution is -0.163. The maximum Gasteiger partial charge on any atom is 0.309 e. The molecule has 1 fully saturated rings. The standard InChI is InChI=1S/C21H38O4/c1-4-6-7-8-9-12-15-24-20(22)18-13-10-11-14-19(18)21(23)25-16-17(3)5-2/h17-19H,4-16H2,1-3H3. The first-order chi connectivity index (χ1) is 12.1. The van der Waals surface area contributed by atoms with Crippen LogP contribution in [0.25, 0.3) is 0 Å². The lowest BCUT2D eigenvalue weighted by Gasteiger charge is -2.28. The van der Waals surface area contributed by atoms with Gasteiger partial charge in [0.25, 0.3) is 0 Å². The van der Waals surface area contributed by atoms with Crippen LogP contribution in [0.15, 0.2) is 0 Å². The summed E-state index contributed by atoms with van der Waals surface area (Å²) >= 11 is 0. The van der Waals surface area contributed by atoms with Crippen LogP contribution in [0, 0.1) is 17.8 Å². The molecule has 146 valence electrons. The summed E-state index contributed by atoms with van der Waals surface area (Å²) in [6.07, 6.45) is 11.5. The Bertz CT molecular complexity index is 380. The van der Waals surface area contributed by atoms with Crippen LogP contribution in [0.5, 0.6) is 0 Å². The van der Waals surface area contributed by atoms with Gasteiger partial charge in [-0.15, -0.1) is 0 Å². The van der Waals surface area contributed by atoms with Gasteiger partial charge in [-0.05, 0) is 25.2 Å². The second-order valence-electron chi connectivity index (χ2n) is 7.58. The van der Waals surface area contributed by atoms with Crippen molar-refractivity contribution in [3.8, 4) is 0 Å².